The summed E-state index contributed by atoms with van der Waals surface area (Å²) >= 11 is 5.68. The van der Waals surface area contributed by atoms with Crippen LogP contribution in [0.1, 0.15) is 38.2 Å². The van der Waals surface area contributed by atoms with Crippen molar-refractivity contribution in [1.82, 2.24) is 14.7 Å². The van der Waals surface area contributed by atoms with E-state index in [-0.39, 0.29) is 28.4 Å². The Labute approximate surface area is 193 Å². The summed E-state index contributed by atoms with van der Waals surface area (Å²) < 4.78 is 13.6. The maximum Gasteiger partial charge on any atom is 0.247 e. The molecule has 2 amide bonds. The first-order valence-corrected chi connectivity index (χ1v) is 11.8. The number of halogens is 2. The lowest BCUT2D eigenvalue weighted by Crippen LogP contribution is -2.57. The number of carbonyl (C=O) groups is 2. The van der Waals surface area contributed by atoms with Gasteiger partial charge < -0.3 is 19.8 Å². The molecular formula is C24H31ClFN3O3. The van der Waals surface area contributed by atoms with Crippen LogP contribution in [-0.4, -0.2) is 83.0 Å². The number of nitrogens with zero attached hydrogens (tertiary/aromatic N) is 3. The third-order valence-electron chi connectivity index (χ3n) is 7.25. The van der Waals surface area contributed by atoms with Crippen molar-refractivity contribution in [3.63, 3.8) is 0 Å². The van der Waals surface area contributed by atoms with Crippen molar-refractivity contribution in [2.75, 3.05) is 39.3 Å². The van der Waals surface area contributed by atoms with Crippen LogP contribution < -0.4 is 0 Å². The van der Waals surface area contributed by atoms with Crippen molar-refractivity contribution in [2.24, 2.45) is 5.41 Å². The Hall–Kier alpha value is -1.96. The van der Waals surface area contributed by atoms with Crippen molar-refractivity contribution in [3.05, 3.63) is 40.7 Å². The summed E-state index contributed by atoms with van der Waals surface area (Å²) in [6.07, 6.45) is 6.92. The van der Waals surface area contributed by atoms with Gasteiger partial charge in [0.05, 0.1) is 11.1 Å². The van der Waals surface area contributed by atoms with Crippen LogP contribution in [0.3, 0.4) is 0 Å². The van der Waals surface area contributed by atoms with Crippen molar-refractivity contribution < 1.29 is 19.1 Å². The Morgan fingerprint density at radius 2 is 2.03 bits per heavy atom. The average molecular weight is 464 g/mol. The zero-order valence-electron chi connectivity index (χ0n) is 18.5. The first kappa shape index (κ1) is 23.2. The molecule has 1 spiro atoms. The average Bonchev–Trinajstić information content (AvgIpc) is 3.55. The van der Waals surface area contributed by atoms with E-state index in [4.69, 9.17) is 11.6 Å². The zero-order chi connectivity index (χ0) is 22.9. The van der Waals surface area contributed by atoms with Crippen molar-refractivity contribution in [3.8, 4) is 0 Å². The van der Waals surface area contributed by atoms with Gasteiger partial charge in [-0.05, 0) is 74.9 Å². The fourth-order valence-corrected chi connectivity index (χ4v) is 4.96. The largest absolute Gasteiger partial charge is 0.391 e. The highest BCUT2D eigenvalue weighted by molar-refractivity contribution is 6.30. The van der Waals surface area contributed by atoms with Gasteiger partial charge in [0.15, 0.2) is 0 Å². The number of β-amino-alcohol motifs (C(OH)–C–C–N with tert-alkyl or cyclic N) is 1. The van der Waals surface area contributed by atoms with E-state index in [1.807, 2.05) is 4.90 Å². The molecule has 1 aromatic carbocycles. The number of hydrogen-bond acceptors (Lipinski definition) is 4. The van der Waals surface area contributed by atoms with E-state index in [2.05, 4.69) is 4.90 Å². The van der Waals surface area contributed by atoms with E-state index < -0.39 is 11.9 Å². The van der Waals surface area contributed by atoms with E-state index in [1.54, 1.807) is 17.9 Å². The number of carbonyl (C=O) groups excluding carboxylic acids is 2. The Balaban J connectivity index is 1.24. The van der Waals surface area contributed by atoms with E-state index in [0.717, 1.165) is 45.3 Å². The minimum Gasteiger partial charge on any atom is -0.391 e. The molecule has 2 aliphatic heterocycles. The molecule has 174 valence electrons. The molecule has 2 atom stereocenters. The molecule has 0 aromatic heterocycles. The number of piperidine rings is 1. The maximum absolute atomic E-state index is 13.6. The van der Waals surface area contributed by atoms with Crippen LogP contribution in [0, 0.1) is 11.2 Å². The maximum atomic E-state index is 13.6. The minimum atomic E-state index is -0.537. The molecule has 0 bridgehead atoms. The SMILES string of the molecule is CC1C(=O)N(CCCN2CCC3(CC3)C(O)C2)CCN1C(=O)C=Cc1ccc(Cl)c(F)c1. The van der Waals surface area contributed by atoms with Gasteiger partial charge in [-0.25, -0.2) is 4.39 Å². The van der Waals surface area contributed by atoms with Crippen LogP contribution in [0.15, 0.2) is 24.3 Å². The quantitative estimate of drug-likeness (QED) is 0.659. The highest BCUT2D eigenvalue weighted by Crippen LogP contribution is 2.53. The fourth-order valence-electron chi connectivity index (χ4n) is 4.84. The zero-order valence-corrected chi connectivity index (χ0v) is 19.2. The van der Waals surface area contributed by atoms with Crippen LogP contribution in [0.4, 0.5) is 4.39 Å². The standard InChI is InChI=1S/C24H31ClFN3O3/c1-17-23(32)28(11-2-10-27-12-9-24(7-8-24)21(30)16-27)13-14-29(17)22(31)6-4-18-3-5-19(25)20(26)15-18/h3-6,15,17,21,30H,2,7-14,16H2,1H3. The van der Waals surface area contributed by atoms with Gasteiger partial charge in [-0.3, -0.25) is 9.59 Å². The van der Waals surface area contributed by atoms with Gasteiger partial charge in [-0.1, -0.05) is 17.7 Å². The number of benzene rings is 1. The number of aliphatic hydroxyl groups excluding tert-OH is 1. The lowest BCUT2D eigenvalue weighted by atomic mass is 9.90. The van der Waals surface area contributed by atoms with Gasteiger partial charge in [0, 0.05) is 32.3 Å². The van der Waals surface area contributed by atoms with E-state index in [1.165, 1.54) is 24.3 Å². The van der Waals surface area contributed by atoms with E-state index >= 15 is 0 Å². The molecule has 4 rings (SSSR count). The second kappa shape index (κ2) is 9.49. The second-order valence-corrected chi connectivity index (χ2v) is 9.73. The lowest BCUT2D eigenvalue weighted by Gasteiger charge is -2.39. The summed E-state index contributed by atoms with van der Waals surface area (Å²) in [6, 6.07) is 3.81. The highest BCUT2D eigenvalue weighted by atomic mass is 35.5. The monoisotopic (exact) mass is 463 g/mol. The molecule has 1 aromatic rings. The fraction of sp³-hybridized carbons (Fsp3) is 0.583. The normalized spacial score (nSPS) is 25.7. The third kappa shape index (κ3) is 5.00. The van der Waals surface area contributed by atoms with E-state index in [0.29, 0.717) is 25.2 Å². The summed E-state index contributed by atoms with van der Waals surface area (Å²) in [4.78, 5) is 31.1. The lowest BCUT2D eigenvalue weighted by molar-refractivity contribution is -0.148. The number of amides is 2. The Kier molecular flexibility index (Phi) is 6.89. The van der Waals surface area contributed by atoms with Gasteiger partial charge in [0.1, 0.15) is 11.9 Å². The van der Waals surface area contributed by atoms with Gasteiger partial charge in [-0.15, -0.1) is 0 Å². The molecule has 0 radical (unpaired) electrons. The van der Waals surface area contributed by atoms with Gasteiger partial charge in [0.2, 0.25) is 11.8 Å². The molecule has 1 saturated carbocycles. The molecule has 32 heavy (non-hydrogen) atoms. The molecule has 6 nitrogen and oxygen atoms in total. The predicted molar refractivity (Wildman–Crippen MR) is 122 cm³/mol. The number of piperazine rings is 1. The number of aliphatic hydroxyl groups is 1. The Morgan fingerprint density at radius 3 is 2.72 bits per heavy atom. The third-order valence-corrected chi connectivity index (χ3v) is 7.56. The molecule has 3 aliphatic rings. The van der Waals surface area contributed by atoms with Crippen LogP contribution in [-0.2, 0) is 9.59 Å². The number of rotatable bonds is 6. The number of hydrogen-bond donors (Lipinski definition) is 1. The summed E-state index contributed by atoms with van der Waals surface area (Å²) in [7, 11) is 0. The summed E-state index contributed by atoms with van der Waals surface area (Å²) in [6.45, 7) is 6.00. The van der Waals surface area contributed by atoms with Crippen LogP contribution >= 0.6 is 11.6 Å². The Bertz CT molecular complexity index is 904. The van der Waals surface area contributed by atoms with Crippen LogP contribution in [0.2, 0.25) is 5.02 Å². The van der Waals surface area contributed by atoms with Gasteiger partial charge in [-0.2, -0.15) is 0 Å². The predicted octanol–water partition coefficient (Wildman–Crippen LogP) is 2.79. The Morgan fingerprint density at radius 1 is 1.25 bits per heavy atom. The van der Waals surface area contributed by atoms with Crippen molar-refractivity contribution in [1.29, 1.82) is 0 Å². The van der Waals surface area contributed by atoms with Crippen molar-refractivity contribution in [2.45, 2.75) is 44.8 Å². The first-order chi connectivity index (χ1) is 15.3. The van der Waals surface area contributed by atoms with Crippen LogP contribution in [0.5, 0.6) is 0 Å². The molecule has 1 N–H and O–H groups in total. The number of likely N-dealkylation sites (tertiary alicyclic amines) is 1. The molecular weight excluding hydrogens is 433 g/mol. The van der Waals surface area contributed by atoms with Crippen LogP contribution in [0.25, 0.3) is 6.08 Å². The van der Waals surface area contributed by atoms with Crippen molar-refractivity contribution >= 4 is 29.5 Å². The van der Waals surface area contributed by atoms with Gasteiger partial charge >= 0.3 is 0 Å². The highest BCUT2D eigenvalue weighted by Gasteiger charge is 2.51. The topological polar surface area (TPSA) is 64.1 Å². The van der Waals surface area contributed by atoms with E-state index in [9.17, 15) is 19.1 Å². The summed E-state index contributed by atoms with van der Waals surface area (Å²) in [5.41, 5.74) is 0.745. The molecule has 3 fully saturated rings. The summed E-state index contributed by atoms with van der Waals surface area (Å²) in [5.74, 6) is -0.854. The molecule has 2 unspecified atom stereocenters. The first-order valence-electron chi connectivity index (χ1n) is 11.4. The van der Waals surface area contributed by atoms with Gasteiger partial charge in [0.25, 0.3) is 0 Å². The second-order valence-electron chi connectivity index (χ2n) is 9.32. The smallest absolute Gasteiger partial charge is 0.247 e. The molecule has 2 saturated heterocycles. The minimum absolute atomic E-state index is 0.0344. The molecule has 8 heteroatoms. The summed E-state index contributed by atoms with van der Waals surface area (Å²) in [5, 5.41) is 10.4. The molecule has 2 heterocycles. The molecule has 1 aliphatic carbocycles.